The van der Waals surface area contributed by atoms with Gasteiger partial charge in [0.25, 0.3) is 0 Å². The second kappa shape index (κ2) is 7.41. The zero-order valence-corrected chi connectivity index (χ0v) is 15.4. The smallest absolute Gasteiger partial charge is 0.414 e. The molecule has 7 heteroatoms. The molecule has 2 atom stereocenters. The fourth-order valence-electron chi connectivity index (χ4n) is 3.00. The van der Waals surface area contributed by atoms with Crippen LogP contribution in [0, 0.1) is 0 Å². The lowest BCUT2D eigenvalue weighted by molar-refractivity contribution is -0.122. The maximum atomic E-state index is 12.5. The molecule has 0 spiro atoms. The number of aliphatic hydroxyl groups is 1. The van der Waals surface area contributed by atoms with Crippen molar-refractivity contribution < 1.29 is 19.4 Å². The maximum Gasteiger partial charge on any atom is 0.414 e. The zero-order chi connectivity index (χ0) is 18.8. The van der Waals surface area contributed by atoms with Gasteiger partial charge >= 0.3 is 6.09 Å². The number of carbonyl (C=O) groups excluding carboxylic acids is 2. The minimum atomic E-state index is -0.836. The Morgan fingerprint density at radius 1 is 1.36 bits per heavy atom. The van der Waals surface area contributed by atoms with E-state index in [1.165, 1.54) is 4.90 Å². The highest BCUT2D eigenvalue weighted by Crippen LogP contribution is 2.37. The molecule has 1 aromatic carbocycles. The summed E-state index contributed by atoms with van der Waals surface area (Å²) >= 11 is 0. The van der Waals surface area contributed by atoms with E-state index in [1.54, 1.807) is 39.8 Å². The molecule has 0 unspecified atom stereocenters. The molecule has 1 aliphatic heterocycles. The highest BCUT2D eigenvalue weighted by atomic mass is 16.6. The molecule has 2 rings (SSSR count). The number of amides is 2. The lowest BCUT2D eigenvalue weighted by Gasteiger charge is -2.41. The third-order valence-corrected chi connectivity index (χ3v) is 4.04. The van der Waals surface area contributed by atoms with Crippen molar-refractivity contribution in [1.29, 1.82) is 0 Å². The summed E-state index contributed by atoms with van der Waals surface area (Å²) in [7, 11) is 3.36. The van der Waals surface area contributed by atoms with Crippen molar-refractivity contribution in [3.8, 4) is 0 Å². The third-order valence-electron chi connectivity index (χ3n) is 4.04. The van der Waals surface area contributed by atoms with Crippen molar-refractivity contribution in [3.05, 3.63) is 29.8 Å². The molecule has 138 valence electrons. The van der Waals surface area contributed by atoms with E-state index in [1.807, 2.05) is 24.3 Å². The van der Waals surface area contributed by atoms with Crippen molar-refractivity contribution in [2.24, 2.45) is 0 Å². The molecule has 2 amide bonds. The van der Waals surface area contributed by atoms with Crippen LogP contribution in [-0.4, -0.2) is 60.9 Å². The molecule has 0 aliphatic carbocycles. The molecule has 0 fully saturated rings. The Hall–Kier alpha value is -2.12. The Balaban J connectivity index is 2.33. The normalized spacial score (nSPS) is 20.2. The summed E-state index contributed by atoms with van der Waals surface area (Å²) in [6.07, 6.45) is -1.33. The number of likely N-dealkylation sites (N-methyl/N-ethyl adjacent to an activating group) is 2. The Morgan fingerprint density at radius 2 is 2.00 bits per heavy atom. The topological polar surface area (TPSA) is 82.1 Å². The summed E-state index contributed by atoms with van der Waals surface area (Å²) in [6, 6.07) is 6.99. The van der Waals surface area contributed by atoms with Gasteiger partial charge in [0.15, 0.2) is 0 Å². The van der Waals surface area contributed by atoms with Gasteiger partial charge in [-0.3, -0.25) is 14.6 Å². The van der Waals surface area contributed by atoms with Gasteiger partial charge in [-0.25, -0.2) is 4.79 Å². The molecule has 0 bridgehead atoms. The van der Waals surface area contributed by atoms with Gasteiger partial charge in [0.2, 0.25) is 5.91 Å². The number of ether oxygens (including phenoxy) is 1. The summed E-state index contributed by atoms with van der Waals surface area (Å²) in [5.41, 5.74) is 0.860. The quantitative estimate of drug-likeness (QED) is 0.865. The van der Waals surface area contributed by atoms with Crippen LogP contribution in [0.15, 0.2) is 24.3 Å². The van der Waals surface area contributed by atoms with E-state index in [0.29, 0.717) is 5.69 Å². The van der Waals surface area contributed by atoms with Gasteiger partial charge in [0, 0.05) is 7.05 Å². The maximum absolute atomic E-state index is 12.5. The number of carbonyl (C=O) groups is 2. The SMILES string of the molecule is CNC(=O)CN(C)[C@H]1c2ccccc2N(C(=O)OC(C)(C)C)C[C@@H]1O. The third kappa shape index (κ3) is 4.49. The van der Waals surface area contributed by atoms with Crippen LogP contribution in [0.1, 0.15) is 32.4 Å². The van der Waals surface area contributed by atoms with Crippen LogP contribution in [0.4, 0.5) is 10.5 Å². The van der Waals surface area contributed by atoms with Gasteiger partial charge in [0.05, 0.1) is 30.9 Å². The van der Waals surface area contributed by atoms with Crippen molar-refractivity contribution >= 4 is 17.7 Å². The first-order valence-electron chi connectivity index (χ1n) is 8.32. The number of nitrogens with zero attached hydrogens (tertiary/aromatic N) is 2. The first-order valence-corrected chi connectivity index (χ1v) is 8.32. The van der Waals surface area contributed by atoms with E-state index in [0.717, 1.165) is 5.56 Å². The van der Waals surface area contributed by atoms with Crippen LogP contribution in [0.25, 0.3) is 0 Å². The van der Waals surface area contributed by atoms with Crippen molar-refractivity contribution in [2.45, 2.75) is 38.5 Å². The molecule has 2 N–H and O–H groups in total. The predicted octanol–water partition coefficient (Wildman–Crippen LogP) is 1.52. The van der Waals surface area contributed by atoms with Gasteiger partial charge in [-0.2, -0.15) is 0 Å². The number of β-amino-alcohol motifs (C(OH)–C–C–N with tert-alkyl or cyclic N) is 1. The van der Waals surface area contributed by atoms with E-state index in [2.05, 4.69) is 5.32 Å². The minimum Gasteiger partial charge on any atom is -0.443 e. The number of fused-ring (bicyclic) bond motifs is 1. The van der Waals surface area contributed by atoms with E-state index < -0.39 is 17.8 Å². The summed E-state index contributed by atoms with van der Waals surface area (Å²) in [5.74, 6) is -0.137. The van der Waals surface area contributed by atoms with Gasteiger partial charge in [-0.15, -0.1) is 0 Å². The lowest BCUT2D eigenvalue weighted by Crippen LogP contribution is -2.51. The minimum absolute atomic E-state index is 0.106. The molecular weight excluding hydrogens is 322 g/mol. The Labute approximate surface area is 148 Å². The number of anilines is 1. The highest BCUT2D eigenvalue weighted by molar-refractivity contribution is 5.90. The summed E-state index contributed by atoms with van der Waals surface area (Å²) in [5, 5.41) is 13.2. The molecule has 1 heterocycles. The van der Waals surface area contributed by atoms with Crippen LogP contribution in [0.3, 0.4) is 0 Å². The summed E-state index contributed by atoms with van der Waals surface area (Å²) < 4.78 is 5.46. The van der Waals surface area contributed by atoms with Crippen molar-refractivity contribution in [3.63, 3.8) is 0 Å². The van der Waals surface area contributed by atoms with E-state index >= 15 is 0 Å². The molecule has 1 aliphatic rings. The number of para-hydroxylation sites is 1. The summed E-state index contributed by atoms with van der Waals surface area (Å²) in [6.45, 7) is 5.67. The molecule has 1 aromatic rings. The number of hydrogen-bond donors (Lipinski definition) is 2. The van der Waals surface area contributed by atoms with Crippen LogP contribution in [-0.2, 0) is 9.53 Å². The second-order valence-corrected chi connectivity index (χ2v) is 7.25. The van der Waals surface area contributed by atoms with Crippen LogP contribution in [0.2, 0.25) is 0 Å². The number of rotatable bonds is 3. The fraction of sp³-hybridized carbons (Fsp3) is 0.556. The van der Waals surface area contributed by atoms with Crippen LogP contribution >= 0.6 is 0 Å². The predicted molar refractivity (Wildman–Crippen MR) is 95.5 cm³/mol. The van der Waals surface area contributed by atoms with Crippen molar-refractivity contribution in [2.75, 3.05) is 32.1 Å². The average molecular weight is 349 g/mol. The number of nitrogens with one attached hydrogen (secondary N) is 1. The van der Waals surface area contributed by atoms with Crippen LogP contribution in [0.5, 0.6) is 0 Å². The van der Waals surface area contributed by atoms with Gasteiger partial charge in [-0.1, -0.05) is 18.2 Å². The molecule has 25 heavy (non-hydrogen) atoms. The van der Waals surface area contributed by atoms with E-state index in [4.69, 9.17) is 4.74 Å². The van der Waals surface area contributed by atoms with Gasteiger partial charge < -0.3 is 15.2 Å². The molecule has 0 radical (unpaired) electrons. The molecule has 0 saturated heterocycles. The lowest BCUT2D eigenvalue weighted by atomic mass is 9.93. The van der Waals surface area contributed by atoms with Gasteiger partial charge in [0.1, 0.15) is 5.60 Å². The Bertz CT molecular complexity index is 641. The molecule has 7 nitrogen and oxygen atoms in total. The fourth-order valence-corrected chi connectivity index (χ4v) is 3.00. The number of benzene rings is 1. The standard InChI is InChI=1S/C18H27N3O4/c1-18(2,3)25-17(24)21-10-14(22)16(20(5)11-15(23)19-4)12-8-6-7-9-13(12)21/h6-9,14,16,22H,10-11H2,1-5H3,(H,19,23)/t14-,16-/m0/s1. The molecule has 0 aromatic heterocycles. The van der Waals surface area contributed by atoms with Gasteiger partial charge in [-0.05, 0) is 39.4 Å². The number of aliphatic hydroxyl groups excluding tert-OH is 1. The first kappa shape index (κ1) is 19.2. The van der Waals surface area contributed by atoms with Crippen LogP contribution < -0.4 is 10.2 Å². The van der Waals surface area contributed by atoms with E-state index in [9.17, 15) is 14.7 Å². The summed E-state index contributed by atoms with van der Waals surface area (Å²) in [4.78, 5) is 27.5. The highest BCUT2D eigenvalue weighted by Gasteiger charge is 2.38. The second-order valence-electron chi connectivity index (χ2n) is 7.25. The molecular formula is C18H27N3O4. The van der Waals surface area contributed by atoms with Crippen molar-refractivity contribution in [1.82, 2.24) is 10.2 Å². The Morgan fingerprint density at radius 3 is 2.60 bits per heavy atom. The molecule has 0 saturated carbocycles. The average Bonchev–Trinajstić information content (AvgIpc) is 2.52. The van der Waals surface area contributed by atoms with E-state index in [-0.39, 0.29) is 25.0 Å². The Kier molecular flexibility index (Phi) is 5.69. The first-order chi connectivity index (χ1) is 11.6. The monoisotopic (exact) mass is 349 g/mol. The zero-order valence-electron chi connectivity index (χ0n) is 15.4. The number of hydrogen-bond acceptors (Lipinski definition) is 5. The largest absolute Gasteiger partial charge is 0.443 e.